The van der Waals surface area contributed by atoms with Crippen LogP contribution in [0.5, 0.6) is 0 Å². The number of carbonyl (C=O) groups excluding carboxylic acids is 1. The molecular weight excluding hydrogens is 242 g/mol. The first-order chi connectivity index (χ1) is 9.11. The monoisotopic (exact) mass is 259 g/mol. The molecule has 100 valence electrons. The maximum atomic E-state index is 12.1. The zero-order valence-corrected chi connectivity index (χ0v) is 11.0. The fourth-order valence-corrected chi connectivity index (χ4v) is 1.76. The minimum atomic E-state index is -0.277. The average Bonchev–Trinajstić information content (AvgIpc) is 2.81. The Hall–Kier alpha value is -2.37. The van der Waals surface area contributed by atoms with Crippen LogP contribution >= 0.6 is 0 Å². The number of anilines is 1. The first-order valence-electron chi connectivity index (χ1n) is 6.15. The minimum Gasteiger partial charge on any atom is -0.396 e. The van der Waals surface area contributed by atoms with Crippen molar-refractivity contribution in [2.45, 2.75) is 26.4 Å². The van der Waals surface area contributed by atoms with Gasteiger partial charge in [-0.15, -0.1) is 0 Å². The lowest BCUT2D eigenvalue weighted by molar-refractivity contribution is 0.0935. The maximum Gasteiger partial charge on any atom is 0.274 e. The Morgan fingerprint density at radius 3 is 2.95 bits per heavy atom. The molecule has 6 heteroatoms. The summed E-state index contributed by atoms with van der Waals surface area (Å²) in [7, 11) is 0. The fraction of sp³-hybridized carbons (Fsp3) is 0.308. The molecule has 0 saturated heterocycles. The Labute approximate surface area is 111 Å². The second-order valence-corrected chi connectivity index (χ2v) is 4.27. The van der Waals surface area contributed by atoms with E-state index in [4.69, 9.17) is 5.73 Å². The van der Waals surface area contributed by atoms with E-state index in [9.17, 15) is 4.79 Å². The summed E-state index contributed by atoms with van der Waals surface area (Å²) in [6.07, 6.45) is 5.07. The van der Waals surface area contributed by atoms with Crippen molar-refractivity contribution in [2.75, 3.05) is 5.73 Å². The van der Waals surface area contributed by atoms with Crippen LogP contribution in [-0.2, 0) is 6.54 Å². The summed E-state index contributed by atoms with van der Waals surface area (Å²) < 4.78 is 1.64. The first kappa shape index (κ1) is 13.1. The van der Waals surface area contributed by atoms with Gasteiger partial charge in [-0.3, -0.25) is 14.5 Å². The van der Waals surface area contributed by atoms with E-state index in [1.54, 1.807) is 23.3 Å². The highest BCUT2D eigenvalue weighted by atomic mass is 16.2. The van der Waals surface area contributed by atoms with Gasteiger partial charge in [0.2, 0.25) is 0 Å². The third-order valence-corrected chi connectivity index (χ3v) is 2.86. The normalized spacial score (nSPS) is 12.1. The number of amides is 1. The summed E-state index contributed by atoms with van der Waals surface area (Å²) in [5.74, 6) is -0.277. The van der Waals surface area contributed by atoms with Gasteiger partial charge in [0.05, 0.1) is 11.7 Å². The molecule has 1 atom stereocenters. The molecular formula is C13H17N5O. The van der Waals surface area contributed by atoms with Crippen molar-refractivity contribution in [3.8, 4) is 0 Å². The average molecular weight is 259 g/mol. The number of rotatable bonds is 4. The molecule has 1 unspecified atom stereocenters. The molecule has 1 amide bonds. The highest BCUT2D eigenvalue weighted by Crippen LogP contribution is 2.13. The van der Waals surface area contributed by atoms with Crippen LogP contribution in [0.25, 0.3) is 0 Å². The van der Waals surface area contributed by atoms with E-state index >= 15 is 0 Å². The number of nitrogens with two attached hydrogens (primary N) is 1. The van der Waals surface area contributed by atoms with Crippen molar-refractivity contribution >= 4 is 11.6 Å². The van der Waals surface area contributed by atoms with E-state index in [2.05, 4.69) is 15.4 Å². The number of aryl methyl sites for hydroxylation is 1. The predicted octanol–water partition coefficient (Wildman–Crippen LogP) is 1.37. The van der Waals surface area contributed by atoms with Crippen molar-refractivity contribution in [3.05, 3.63) is 42.0 Å². The molecule has 0 spiro atoms. The molecule has 2 aromatic heterocycles. The van der Waals surface area contributed by atoms with E-state index in [1.807, 2.05) is 26.0 Å². The third-order valence-electron chi connectivity index (χ3n) is 2.86. The molecule has 2 heterocycles. The standard InChI is InChI=1S/C13H17N5O/c1-3-18-8-11(14)12(17-18)13(19)16-9(2)10-5-4-6-15-7-10/h4-9H,3,14H2,1-2H3,(H,16,19). The van der Waals surface area contributed by atoms with Gasteiger partial charge in [0, 0.05) is 25.1 Å². The van der Waals surface area contributed by atoms with Gasteiger partial charge in [-0.1, -0.05) is 6.07 Å². The number of hydrogen-bond donors (Lipinski definition) is 2. The zero-order chi connectivity index (χ0) is 13.8. The number of nitrogen functional groups attached to an aromatic ring is 1. The molecule has 0 fully saturated rings. The second-order valence-electron chi connectivity index (χ2n) is 4.27. The van der Waals surface area contributed by atoms with Crippen LogP contribution in [0.15, 0.2) is 30.7 Å². The van der Waals surface area contributed by atoms with Gasteiger partial charge in [-0.2, -0.15) is 5.10 Å². The lowest BCUT2D eigenvalue weighted by Gasteiger charge is -2.12. The van der Waals surface area contributed by atoms with Gasteiger partial charge < -0.3 is 11.1 Å². The summed E-state index contributed by atoms with van der Waals surface area (Å²) in [5.41, 5.74) is 7.36. The van der Waals surface area contributed by atoms with Crippen molar-refractivity contribution in [1.82, 2.24) is 20.1 Å². The summed E-state index contributed by atoms with van der Waals surface area (Å²) in [4.78, 5) is 16.1. The molecule has 0 aliphatic carbocycles. The van der Waals surface area contributed by atoms with Crippen LogP contribution < -0.4 is 11.1 Å². The van der Waals surface area contributed by atoms with Crippen molar-refractivity contribution < 1.29 is 4.79 Å². The smallest absolute Gasteiger partial charge is 0.274 e. The molecule has 0 aliphatic rings. The molecule has 0 radical (unpaired) electrons. The van der Waals surface area contributed by atoms with Crippen molar-refractivity contribution in [2.24, 2.45) is 0 Å². The van der Waals surface area contributed by atoms with Crippen LogP contribution in [0.2, 0.25) is 0 Å². The van der Waals surface area contributed by atoms with Crippen molar-refractivity contribution in [1.29, 1.82) is 0 Å². The lowest BCUT2D eigenvalue weighted by Crippen LogP contribution is -2.27. The molecule has 0 aromatic carbocycles. The second kappa shape index (κ2) is 5.51. The molecule has 3 N–H and O–H groups in total. The summed E-state index contributed by atoms with van der Waals surface area (Å²) in [5, 5.41) is 6.99. The van der Waals surface area contributed by atoms with E-state index < -0.39 is 0 Å². The largest absolute Gasteiger partial charge is 0.396 e. The fourth-order valence-electron chi connectivity index (χ4n) is 1.76. The highest BCUT2D eigenvalue weighted by molar-refractivity contribution is 5.97. The number of nitrogens with one attached hydrogen (secondary N) is 1. The summed E-state index contributed by atoms with van der Waals surface area (Å²) in [6.45, 7) is 4.50. The Morgan fingerprint density at radius 1 is 1.58 bits per heavy atom. The third kappa shape index (κ3) is 2.90. The number of carbonyl (C=O) groups is 1. The van der Waals surface area contributed by atoms with E-state index in [-0.39, 0.29) is 17.6 Å². The predicted molar refractivity (Wildman–Crippen MR) is 72.4 cm³/mol. The molecule has 6 nitrogen and oxygen atoms in total. The molecule has 0 saturated carbocycles. The minimum absolute atomic E-state index is 0.146. The topological polar surface area (TPSA) is 85.8 Å². The van der Waals surface area contributed by atoms with Crippen LogP contribution in [-0.4, -0.2) is 20.7 Å². The van der Waals surface area contributed by atoms with Gasteiger partial charge >= 0.3 is 0 Å². The number of nitrogens with zero attached hydrogens (tertiary/aromatic N) is 3. The molecule has 2 aromatic rings. The van der Waals surface area contributed by atoms with Gasteiger partial charge in [0.1, 0.15) is 0 Å². The van der Waals surface area contributed by atoms with E-state index in [0.29, 0.717) is 12.2 Å². The van der Waals surface area contributed by atoms with Crippen LogP contribution in [0.3, 0.4) is 0 Å². The van der Waals surface area contributed by atoms with Gasteiger partial charge in [-0.05, 0) is 25.5 Å². The van der Waals surface area contributed by atoms with Crippen LogP contribution in [0.4, 0.5) is 5.69 Å². The highest BCUT2D eigenvalue weighted by Gasteiger charge is 2.17. The Morgan fingerprint density at radius 2 is 2.37 bits per heavy atom. The SMILES string of the molecule is CCn1cc(N)c(C(=O)NC(C)c2cccnc2)n1. The summed E-state index contributed by atoms with van der Waals surface area (Å²) >= 11 is 0. The number of aromatic nitrogens is 3. The molecule has 0 bridgehead atoms. The maximum absolute atomic E-state index is 12.1. The Bertz CT molecular complexity index is 564. The Kier molecular flexibility index (Phi) is 3.79. The molecule has 19 heavy (non-hydrogen) atoms. The lowest BCUT2D eigenvalue weighted by atomic mass is 10.1. The quantitative estimate of drug-likeness (QED) is 0.868. The summed E-state index contributed by atoms with van der Waals surface area (Å²) in [6, 6.07) is 3.59. The van der Waals surface area contributed by atoms with Crippen molar-refractivity contribution in [3.63, 3.8) is 0 Å². The number of hydrogen-bond acceptors (Lipinski definition) is 4. The van der Waals surface area contributed by atoms with Crippen LogP contribution in [0, 0.1) is 0 Å². The van der Waals surface area contributed by atoms with Gasteiger partial charge in [-0.25, -0.2) is 0 Å². The Balaban J connectivity index is 2.10. The number of pyridine rings is 1. The van der Waals surface area contributed by atoms with E-state index in [1.165, 1.54) is 0 Å². The molecule has 0 aliphatic heterocycles. The van der Waals surface area contributed by atoms with Gasteiger partial charge in [0.15, 0.2) is 5.69 Å². The van der Waals surface area contributed by atoms with Gasteiger partial charge in [0.25, 0.3) is 5.91 Å². The first-order valence-corrected chi connectivity index (χ1v) is 6.15. The van der Waals surface area contributed by atoms with Crippen LogP contribution in [0.1, 0.15) is 35.9 Å². The van der Waals surface area contributed by atoms with E-state index in [0.717, 1.165) is 5.56 Å². The zero-order valence-electron chi connectivity index (χ0n) is 11.0. The molecule has 2 rings (SSSR count).